The summed E-state index contributed by atoms with van der Waals surface area (Å²) in [6.45, 7) is 42.0. The Kier molecular flexibility index (Phi) is 26.8. The first-order valence-electron chi connectivity index (χ1n) is 33.8. The molecule has 7 aromatic carbocycles. The maximum absolute atomic E-state index is 5.96. The van der Waals surface area contributed by atoms with E-state index in [1.54, 1.807) is 31.0 Å². The molecule has 0 fully saturated rings. The van der Waals surface area contributed by atoms with Crippen LogP contribution in [0.4, 0.5) is 17.1 Å². The first-order chi connectivity index (χ1) is 43.1. The van der Waals surface area contributed by atoms with Gasteiger partial charge in [0.1, 0.15) is 5.75 Å². The van der Waals surface area contributed by atoms with Crippen molar-refractivity contribution in [3.05, 3.63) is 213 Å². The zero-order chi connectivity index (χ0) is 65.1. The van der Waals surface area contributed by atoms with Gasteiger partial charge in [0.2, 0.25) is 5.79 Å². The van der Waals surface area contributed by atoms with Crippen LogP contribution in [-0.4, -0.2) is 68.1 Å². The normalized spacial score (nSPS) is 18.3. The van der Waals surface area contributed by atoms with Crippen LogP contribution in [0.5, 0.6) is 17.2 Å². The van der Waals surface area contributed by atoms with Gasteiger partial charge in [-0.1, -0.05) is 223 Å². The van der Waals surface area contributed by atoms with Crippen molar-refractivity contribution in [2.45, 2.75) is 173 Å². The molecular weight excluding hydrogens is 1130 g/mol. The number of aryl methyl sites for hydroxylation is 1. The Balaban J connectivity index is 0.000000155. The summed E-state index contributed by atoms with van der Waals surface area (Å²) < 4.78 is 22.3. The summed E-state index contributed by atoms with van der Waals surface area (Å²) in [7, 11) is 3.36. The number of hydrogen-bond acceptors (Lipinski definition) is 8. The second-order valence-electron chi connectivity index (χ2n) is 27.8. The molecule has 0 spiro atoms. The van der Waals surface area contributed by atoms with Gasteiger partial charge in [-0.05, 0) is 157 Å². The number of halogens is 1. The number of anilines is 3. The molecule has 0 radical (unpaired) electrons. The largest absolute Gasteiger partial charge is 0.497 e. The van der Waals surface area contributed by atoms with Crippen LogP contribution in [0.15, 0.2) is 164 Å². The molecule has 3 unspecified atom stereocenters. The molecule has 5 heterocycles. The summed E-state index contributed by atoms with van der Waals surface area (Å²) in [5.41, 5.74) is 16.2. The van der Waals surface area contributed by atoms with Crippen molar-refractivity contribution in [1.29, 1.82) is 0 Å². The predicted molar refractivity (Wildman–Crippen MR) is 382 cm³/mol. The molecule has 5 aliphatic rings. The maximum Gasteiger partial charge on any atom is 0.247 e. The first-order valence-corrected chi connectivity index (χ1v) is 34.1. The van der Waals surface area contributed by atoms with E-state index >= 15 is 0 Å². The number of rotatable bonds is 16. The SMILES string of the molecule is CC(C)CN1Cc2ccc(Cl)cc2C1.CC(C)CN1Cc2ccccc2C1C.CC(C)Cc1ccccc1.CCCC1(C(C)C)Cc2cccc3c2N1CC3.COC1(C(C)C)COc2ccccc2O1.COc1cccc(N(CC(C)C)c2ccc(C)cc2)c1. The van der Waals surface area contributed by atoms with E-state index in [4.69, 9.17) is 30.5 Å². The molecule has 12 rings (SSSR count). The van der Waals surface area contributed by atoms with Crippen molar-refractivity contribution >= 4 is 28.7 Å². The molecule has 0 aromatic heterocycles. The van der Waals surface area contributed by atoms with Gasteiger partial charge in [0.15, 0.2) is 18.1 Å². The number of nitrogens with zero attached hydrogens (tertiary/aromatic N) is 4. The minimum absolute atomic E-state index is 0.232. The van der Waals surface area contributed by atoms with Crippen molar-refractivity contribution in [2.75, 3.05) is 56.8 Å². The van der Waals surface area contributed by atoms with Crippen molar-refractivity contribution in [3.8, 4) is 17.2 Å². The van der Waals surface area contributed by atoms with E-state index in [0.29, 0.717) is 24.1 Å². The van der Waals surface area contributed by atoms with Gasteiger partial charge in [0.05, 0.1) is 7.11 Å². The smallest absolute Gasteiger partial charge is 0.247 e. The van der Waals surface area contributed by atoms with E-state index in [1.165, 1.54) is 96.5 Å². The Hall–Kier alpha value is -6.29. The molecule has 9 heteroatoms. The molecule has 7 aromatic rings. The summed E-state index contributed by atoms with van der Waals surface area (Å²) >= 11 is 5.96. The highest BCUT2D eigenvalue weighted by molar-refractivity contribution is 6.30. The Morgan fingerprint density at radius 1 is 0.600 bits per heavy atom. The van der Waals surface area contributed by atoms with E-state index in [0.717, 1.165) is 72.1 Å². The summed E-state index contributed by atoms with van der Waals surface area (Å²) in [6.07, 6.45) is 6.33. The maximum atomic E-state index is 5.96. The lowest BCUT2D eigenvalue weighted by Gasteiger charge is -2.42. The molecule has 8 nitrogen and oxygen atoms in total. The van der Waals surface area contributed by atoms with Crippen LogP contribution in [0.2, 0.25) is 5.02 Å². The Bertz CT molecular complexity index is 3270. The molecule has 0 bridgehead atoms. The van der Waals surface area contributed by atoms with Gasteiger partial charge in [-0.15, -0.1) is 0 Å². The lowest BCUT2D eigenvalue weighted by molar-refractivity contribution is -0.222. The number of benzene rings is 7. The zero-order valence-electron chi connectivity index (χ0n) is 58.1. The fourth-order valence-electron chi connectivity index (χ4n) is 13.4. The molecule has 486 valence electrons. The third-order valence-electron chi connectivity index (χ3n) is 18.0. The van der Waals surface area contributed by atoms with Crippen LogP contribution >= 0.6 is 11.6 Å². The average Bonchev–Trinajstić information content (AvgIpc) is 1.57. The Morgan fingerprint density at radius 3 is 1.88 bits per heavy atom. The molecule has 5 aliphatic heterocycles. The fourth-order valence-corrected chi connectivity index (χ4v) is 13.6. The van der Waals surface area contributed by atoms with E-state index in [9.17, 15) is 0 Å². The van der Waals surface area contributed by atoms with Crippen molar-refractivity contribution in [2.24, 2.45) is 35.5 Å². The van der Waals surface area contributed by atoms with Crippen LogP contribution in [0.25, 0.3) is 0 Å². The van der Waals surface area contributed by atoms with Crippen molar-refractivity contribution in [1.82, 2.24) is 9.80 Å². The second kappa shape index (κ2) is 33.9. The van der Waals surface area contributed by atoms with Gasteiger partial charge in [-0.3, -0.25) is 9.80 Å². The fraction of sp³-hybridized carbons (Fsp3) is 0.481. The molecular formula is C81H111ClN4O4. The third-order valence-corrected chi connectivity index (χ3v) is 18.2. The highest BCUT2D eigenvalue weighted by atomic mass is 35.5. The third kappa shape index (κ3) is 19.2. The highest BCUT2D eigenvalue weighted by Crippen LogP contribution is 2.50. The van der Waals surface area contributed by atoms with Crippen LogP contribution < -0.4 is 24.0 Å². The minimum Gasteiger partial charge on any atom is -0.497 e. The first kappa shape index (κ1) is 71.2. The summed E-state index contributed by atoms with van der Waals surface area (Å²) in [5.74, 6) is 5.58. The van der Waals surface area contributed by atoms with Crippen molar-refractivity contribution < 1.29 is 18.9 Å². The Morgan fingerprint density at radius 2 is 1.24 bits per heavy atom. The number of methoxy groups -OCH3 is 2. The van der Waals surface area contributed by atoms with E-state index in [-0.39, 0.29) is 5.92 Å². The zero-order valence-corrected chi connectivity index (χ0v) is 58.9. The van der Waals surface area contributed by atoms with Gasteiger partial charge in [0.25, 0.3) is 0 Å². The molecule has 3 atom stereocenters. The van der Waals surface area contributed by atoms with E-state index in [2.05, 4.69) is 245 Å². The average molecular weight is 1240 g/mol. The van der Waals surface area contributed by atoms with E-state index in [1.807, 2.05) is 42.5 Å². The number of fused-ring (bicyclic) bond motifs is 3. The second-order valence-corrected chi connectivity index (χ2v) is 28.3. The lowest BCUT2D eigenvalue weighted by atomic mass is 9.79. The highest BCUT2D eigenvalue weighted by Gasteiger charge is 2.48. The Labute approximate surface area is 550 Å². The van der Waals surface area contributed by atoms with Crippen LogP contribution in [0.3, 0.4) is 0 Å². The van der Waals surface area contributed by atoms with Gasteiger partial charge in [-0.2, -0.15) is 0 Å². The van der Waals surface area contributed by atoms with Crippen LogP contribution in [-0.2, 0) is 43.6 Å². The molecule has 90 heavy (non-hydrogen) atoms. The topological polar surface area (TPSA) is 49.9 Å². The monoisotopic (exact) mass is 1240 g/mol. The molecule has 0 aliphatic carbocycles. The quantitative estimate of drug-likeness (QED) is 0.0949. The van der Waals surface area contributed by atoms with Gasteiger partial charge in [-0.25, -0.2) is 0 Å². The number of para-hydroxylation sites is 3. The summed E-state index contributed by atoms with van der Waals surface area (Å²) in [6, 6.07) is 57.7. The number of ether oxygens (including phenoxy) is 4. The molecule has 0 N–H and O–H groups in total. The molecule has 0 saturated carbocycles. The van der Waals surface area contributed by atoms with Crippen LogP contribution in [0, 0.1) is 42.4 Å². The van der Waals surface area contributed by atoms with Gasteiger partial charge < -0.3 is 28.7 Å². The van der Waals surface area contributed by atoms with Crippen molar-refractivity contribution in [3.63, 3.8) is 0 Å². The summed E-state index contributed by atoms with van der Waals surface area (Å²) in [4.78, 5) is 10.1. The summed E-state index contributed by atoms with van der Waals surface area (Å²) in [5, 5.41) is 0.857. The minimum atomic E-state index is -0.658. The van der Waals surface area contributed by atoms with Crippen LogP contribution in [0.1, 0.15) is 160 Å². The molecule has 0 amide bonds. The number of hydrogen-bond donors (Lipinski definition) is 0. The van der Waals surface area contributed by atoms with E-state index < -0.39 is 5.79 Å². The predicted octanol–water partition coefficient (Wildman–Crippen LogP) is 20.5. The van der Waals surface area contributed by atoms with Gasteiger partial charge >= 0.3 is 0 Å². The van der Waals surface area contributed by atoms with Gasteiger partial charge in [0, 0.05) is 98.6 Å². The standard InChI is InChI=1S/C18H23NO.C16H23N.C13H19N.C12H16ClN.C12H16O3.C10H14/c1-14(2)13-19(16-10-8-15(3)9-11-16)17-6-5-7-18(12-17)20-4;1-4-9-16(12(2)3)11-14-7-5-6-13-8-10-17(16)15(13)14;1-10(2)8-14-9-12-6-4-5-7-13(12)11(14)3;1-9(2)6-14-7-10-3-4-12(13)5-11(10)8-14;1-9(2)12(13-3)8-14-10-6-4-5-7-11(10)15-12;1-9(2)8-10-6-4-3-5-7-10/h5-12,14H,13H2,1-4H3;5-7,12H,4,8-11H2,1-3H3;4-7,10-11H,8-9H2,1-3H3;3-5,9H,6-8H2,1-2H3;4-7,9H,8H2,1-3H3;3-7,9H,8H2,1-2H3. The lowest BCUT2D eigenvalue weighted by Crippen LogP contribution is -2.50. The molecule has 0 saturated heterocycles.